The molecular weight excluding hydrogens is 281 g/mol. The Morgan fingerprint density at radius 1 is 1.37 bits per heavy atom. The third-order valence-corrected chi connectivity index (χ3v) is 4.23. The van der Waals surface area contributed by atoms with Crippen molar-refractivity contribution in [3.63, 3.8) is 0 Å². The average Bonchev–Trinajstić information content (AvgIpc) is 2.26. The van der Waals surface area contributed by atoms with E-state index in [1.54, 1.807) is 0 Å². The molecule has 1 aromatic carbocycles. The molecule has 0 radical (unpaired) electrons. The van der Waals surface area contributed by atoms with Gasteiger partial charge < -0.3 is 0 Å². The lowest BCUT2D eigenvalue weighted by molar-refractivity contribution is -0.134. The van der Waals surface area contributed by atoms with Crippen LogP contribution < -0.4 is 0 Å². The van der Waals surface area contributed by atoms with Gasteiger partial charge in [0, 0.05) is 7.05 Å². The maximum Gasteiger partial charge on any atom is 0.402 e. The summed E-state index contributed by atoms with van der Waals surface area (Å²) < 4.78 is 60.6. The molecule has 1 aromatic rings. The number of rotatable bonds is 3. The summed E-state index contributed by atoms with van der Waals surface area (Å²) in [4.78, 5) is -0.268. The first-order chi connectivity index (χ1) is 8.58. The highest BCUT2D eigenvalue weighted by Crippen LogP contribution is 2.22. The van der Waals surface area contributed by atoms with Crippen LogP contribution in [0, 0.1) is 18.3 Å². The van der Waals surface area contributed by atoms with E-state index < -0.39 is 22.7 Å². The van der Waals surface area contributed by atoms with Gasteiger partial charge in [-0.3, -0.25) is 0 Å². The standard InChI is InChI=1S/C11H11F3N2O2S/c1-8-5-10(4-3-9(8)6-15)19(17,18)16(2)7-11(12,13)14/h3-5H,7H2,1-2H3. The van der Waals surface area contributed by atoms with Crippen molar-refractivity contribution in [2.45, 2.75) is 18.0 Å². The van der Waals surface area contributed by atoms with Crippen molar-refractivity contribution in [3.05, 3.63) is 29.3 Å². The van der Waals surface area contributed by atoms with Crippen molar-refractivity contribution in [2.75, 3.05) is 13.6 Å². The summed E-state index contributed by atoms with van der Waals surface area (Å²) >= 11 is 0. The van der Waals surface area contributed by atoms with E-state index in [-0.39, 0.29) is 14.8 Å². The summed E-state index contributed by atoms with van der Waals surface area (Å²) in [6, 6.07) is 5.42. The maximum absolute atomic E-state index is 12.2. The molecule has 0 amide bonds. The van der Waals surface area contributed by atoms with Gasteiger partial charge in [0.05, 0.1) is 16.5 Å². The van der Waals surface area contributed by atoms with Gasteiger partial charge >= 0.3 is 6.18 Å². The Morgan fingerprint density at radius 2 is 1.95 bits per heavy atom. The molecule has 0 atom stereocenters. The topological polar surface area (TPSA) is 61.2 Å². The van der Waals surface area contributed by atoms with E-state index >= 15 is 0 Å². The van der Waals surface area contributed by atoms with Crippen LogP contribution in [0.1, 0.15) is 11.1 Å². The maximum atomic E-state index is 12.2. The van der Waals surface area contributed by atoms with Gasteiger partial charge in [0.15, 0.2) is 0 Å². The average molecular weight is 292 g/mol. The van der Waals surface area contributed by atoms with Crippen molar-refractivity contribution < 1.29 is 21.6 Å². The molecule has 0 aliphatic rings. The van der Waals surface area contributed by atoms with Gasteiger partial charge in [0.2, 0.25) is 10.0 Å². The second-order valence-electron chi connectivity index (χ2n) is 3.96. The lowest BCUT2D eigenvalue weighted by Crippen LogP contribution is -2.35. The molecule has 0 unspecified atom stereocenters. The molecule has 0 aliphatic carbocycles. The predicted octanol–water partition coefficient (Wildman–Crippen LogP) is 2.05. The van der Waals surface area contributed by atoms with E-state index in [9.17, 15) is 21.6 Å². The third kappa shape index (κ3) is 3.68. The van der Waals surface area contributed by atoms with Gasteiger partial charge in [-0.25, -0.2) is 8.42 Å². The molecule has 104 valence electrons. The zero-order chi connectivity index (χ0) is 14.8. The molecule has 0 aromatic heterocycles. The van der Waals surface area contributed by atoms with Crippen molar-refractivity contribution in [1.82, 2.24) is 4.31 Å². The van der Waals surface area contributed by atoms with Crippen LogP contribution in [0.15, 0.2) is 23.1 Å². The van der Waals surface area contributed by atoms with E-state index in [1.807, 2.05) is 6.07 Å². The number of benzene rings is 1. The fourth-order valence-corrected chi connectivity index (χ4v) is 2.68. The van der Waals surface area contributed by atoms with Crippen LogP contribution >= 0.6 is 0 Å². The Kier molecular flexibility index (Phi) is 4.22. The summed E-state index contributed by atoms with van der Waals surface area (Å²) in [6.45, 7) is -0.0459. The number of halogens is 3. The van der Waals surface area contributed by atoms with E-state index in [4.69, 9.17) is 5.26 Å². The van der Waals surface area contributed by atoms with Crippen molar-refractivity contribution in [2.24, 2.45) is 0 Å². The minimum absolute atomic E-state index is 0.230. The van der Waals surface area contributed by atoms with Gasteiger partial charge in [-0.1, -0.05) is 0 Å². The molecule has 0 heterocycles. The van der Waals surface area contributed by atoms with Crippen molar-refractivity contribution >= 4 is 10.0 Å². The first-order valence-electron chi connectivity index (χ1n) is 5.12. The minimum Gasteiger partial charge on any atom is -0.207 e. The molecule has 0 saturated carbocycles. The van der Waals surface area contributed by atoms with Gasteiger partial charge in [0.25, 0.3) is 0 Å². The molecule has 0 bridgehead atoms. The second kappa shape index (κ2) is 5.19. The first-order valence-corrected chi connectivity index (χ1v) is 6.56. The second-order valence-corrected chi connectivity index (χ2v) is 6.01. The largest absolute Gasteiger partial charge is 0.402 e. The van der Waals surface area contributed by atoms with E-state index in [0.29, 0.717) is 5.56 Å². The van der Waals surface area contributed by atoms with Gasteiger partial charge in [-0.15, -0.1) is 0 Å². The Labute approximate surface area is 109 Å². The Hall–Kier alpha value is -1.59. The van der Waals surface area contributed by atoms with Crippen LogP contribution in [0.25, 0.3) is 0 Å². The van der Waals surface area contributed by atoms with E-state index in [0.717, 1.165) is 13.1 Å². The highest BCUT2D eigenvalue weighted by atomic mass is 32.2. The minimum atomic E-state index is -4.61. The molecule has 19 heavy (non-hydrogen) atoms. The SMILES string of the molecule is Cc1cc(S(=O)(=O)N(C)CC(F)(F)F)ccc1C#N. The number of nitrogens with zero attached hydrogens (tertiary/aromatic N) is 2. The number of hydrogen-bond donors (Lipinski definition) is 0. The van der Waals surface area contributed by atoms with Crippen molar-refractivity contribution in [1.29, 1.82) is 5.26 Å². The number of aryl methyl sites for hydroxylation is 1. The Morgan fingerprint density at radius 3 is 2.37 bits per heavy atom. The molecule has 1 rings (SSSR count). The zero-order valence-electron chi connectivity index (χ0n) is 10.2. The van der Waals surface area contributed by atoms with Gasteiger partial charge in [0.1, 0.15) is 6.54 Å². The van der Waals surface area contributed by atoms with Crippen LogP contribution in [0.3, 0.4) is 0 Å². The Bertz CT molecular complexity index is 618. The van der Waals surface area contributed by atoms with Crippen LogP contribution in [0.4, 0.5) is 13.2 Å². The number of sulfonamides is 1. The summed E-state index contributed by atoms with van der Waals surface area (Å²) in [5.41, 5.74) is 0.668. The number of hydrogen-bond acceptors (Lipinski definition) is 3. The normalized spacial score (nSPS) is 12.5. The number of alkyl halides is 3. The van der Waals surface area contributed by atoms with Crippen LogP contribution in [0.5, 0.6) is 0 Å². The monoisotopic (exact) mass is 292 g/mol. The molecule has 0 fully saturated rings. The molecule has 0 N–H and O–H groups in total. The Balaban J connectivity index is 3.15. The lowest BCUT2D eigenvalue weighted by atomic mass is 10.1. The molecule has 0 saturated heterocycles. The van der Waals surface area contributed by atoms with Gasteiger partial charge in [-0.05, 0) is 30.7 Å². The predicted molar refractivity (Wildman–Crippen MR) is 61.8 cm³/mol. The first kappa shape index (κ1) is 15.5. The highest BCUT2D eigenvalue weighted by Gasteiger charge is 2.34. The molecule has 8 heteroatoms. The van der Waals surface area contributed by atoms with Gasteiger partial charge in [-0.2, -0.15) is 22.7 Å². The van der Waals surface area contributed by atoms with Crippen LogP contribution in [-0.2, 0) is 10.0 Å². The molecule has 0 spiro atoms. The summed E-state index contributed by atoms with van der Waals surface area (Å²) in [5, 5.41) is 8.72. The lowest BCUT2D eigenvalue weighted by Gasteiger charge is -2.19. The quantitative estimate of drug-likeness (QED) is 0.856. The summed E-state index contributed by atoms with van der Waals surface area (Å²) in [5.74, 6) is 0. The highest BCUT2D eigenvalue weighted by molar-refractivity contribution is 7.89. The molecule has 0 aliphatic heterocycles. The summed E-state index contributed by atoms with van der Waals surface area (Å²) in [6.07, 6.45) is -4.61. The fraction of sp³-hybridized carbons (Fsp3) is 0.364. The van der Waals surface area contributed by atoms with E-state index in [1.165, 1.54) is 19.1 Å². The van der Waals surface area contributed by atoms with Crippen LogP contribution in [-0.4, -0.2) is 32.5 Å². The molecular formula is C11H11F3N2O2S. The smallest absolute Gasteiger partial charge is 0.207 e. The summed E-state index contributed by atoms with van der Waals surface area (Å²) in [7, 11) is -3.36. The third-order valence-electron chi connectivity index (χ3n) is 2.43. The van der Waals surface area contributed by atoms with Crippen molar-refractivity contribution in [3.8, 4) is 6.07 Å². The van der Waals surface area contributed by atoms with Crippen LogP contribution in [0.2, 0.25) is 0 Å². The number of nitriles is 1. The zero-order valence-corrected chi connectivity index (χ0v) is 11.0. The molecule has 4 nitrogen and oxygen atoms in total. The van der Waals surface area contributed by atoms with E-state index in [2.05, 4.69) is 0 Å². The fourth-order valence-electron chi connectivity index (χ4n) is 1.44.